The van der Waals surface area contributed by atoms with E-state index >= 15 is 0 Å². The van der Waals surface area contributed by atoms with Crippen LogP contribution in [0.25, 0.3) is 5.69 Å². The highest BCUT2D eigenvalue weighted by molar-refractivity contribution is 5.95. The smallest absolute Gasteiger partial charge is 0.320 e. The molecule has 1 aliphatic heterocycles. The third-order valence-electron chi connectivity index (χ3n) is 5.49. The molecule has 2 heterocycles. The largest absolute Gasteiger partial charge is 0.383 e. The number of rotatable bonds is 8. The highest BCUT2D eigenvalue weighted by Crippen LogP contribution is 2.18. The molecule has 192 valence electrons. The van der Waals surface area contributed by atoms with Gasteiger partial charge in [0.2, 0.25) is 0 Å². The number of urea groups is 1. The van der Waals surface area contributed by atoms with Crippen LogP contribution < -0.4 is 16.0 Å². The first kappa shape index (κ1) is 26.9. The highest BCUT2D eigenvalue weighted by atomic mass is 16.5. The summed E-state index contributed by atoms with van der Waals surface area (Å²) in [6.45, 7) is 7.01. The van der Waals surface area contributed by atoms with E-state index in [0.717, 1.165) is 31.7 Å². The number of carbonyl (C=O) groups is 2. The van der Waals surface area contributed by atoms with E-state index in [4.69, 9.17) is 4.74 Å². The van der Waals surface area contributed by atoms with Gasteiger partial charge in [-0.3, -0.25) is 15.0 Å². The number of nitrogens with zero attached hydrogens (tertiary/aromatic N) is 3. The third-order valence-corrected chi connectivity index (χ3v) is 5.49. The molecule has 3 N–H and O–H groups in total. The van der Waals surface area contributed by atoms with Gasteiger partial charge in [-0.25, -0.2) is 9.48 Å². The first-order valence-electron chi connectivity index (χ1n) is 12.2. The number of carbonyl (C=O) groups excluding carboxylic acids is 2. The van der Waals surface area contributed by atoms with Gasteiger partial charge >= 0.3 is 6.03 Å². The summed E-state index contributed by atoms with van der Waals surface area (Å²) in [5.41, 5.74) is 0.998. The van der Waals surface area contributed by atoms with Gasteiger partial charge in [-0.15, -0.1) is 0 Å². The average Bonchev–Trinajstić information content (AvgIpc) is 3.51. The Morgan fingerprint density at radius 1 is 1.06 bits per heavy atom. The summed E-state index contributed by atoms with van der Waals surface area (Å²) in [6, 6.07) is 22.7. The molecule has 2 aromatic carbocycles. The van der Waals surface area contributed by atoms with Gasteiger partial charge in [0, 0.05) is 44.9 Å². The van der Waals surface area contributed by atoms with Crippen molar-refractivity contribution in [1.82, 2.24) is 25.3 Å². The Bertz CT molecular complexity index is 1040. The van der Waals surface area contributed by atoms with Crippen LogP contribution in [0.2, 0.25) is 0 Å². The summed E-state index contributed by atoms with van der Waals surface area (Å²) < 4.78 is 6.68. The van der Waals surface area contributed by atoms with Gasteiger partial charge < -0.3 is 15.4 Å². The van der Waals surface area contributed by atoms with Crippen molar-refractivity contribution in [2.45, 2.75) is 32.4 Å². The Labute approximate surface area is 212 Å². The predicted molar refractivity (Wildman–Crippen MR) is 141 cm³/mol. The lowest BCUT2D eigenvalue weighted by Gasteiger charge is -2.16. The SMILES string of the molecule is COCCN1CCC(NC(=O)Nc2cc(C(=O)NC(C)C)nn2-c2ccccc2)C1.c1ccccc1. The quantitative estimate of drug-likeness (QED) is 0.447. The summed E-state index contributed by atoms with van der Waals surface area (Å²) in [5, 5.41) is 13.1. The van der Waals surface area contributed by atoms with E-state index in [-0.39, 0.29) is 29.7 Å². The number of nitrogens with one attached hydrogen (secondary N) is 3. The summed E-state index contributed by atoms with van der Waals surface area (Å²) in [7, 11) is 1.69. The number of aromatic nitrogens is 2. The van der Waals surface area contributed by atoms with E-state index in [0.29, 0.717) is 12.4 Å². The zero-order chi connectivity index (χ0) is 25.8. The lowest BCUT2D eigenvalue weighted by atomic mass is 10.3. The Morgan fingerprint density at radius 3 is 2.31 bits per heavy atom. The zero-order valence-electron chi connectivity index (χ0n) is 21.2. The fraction of sp³-hybridized carbons (Fsp3) is 0.370. The Hall–Kier alpha value is -3.69. The van der Waals surface area contributed by atoms with Crippen LogP contribution in [0.4, 0.5) is 10.6 Å². The van der Waals surface area contributed by atoms with Gasteiger partial charge in [0.25, 0.3) is 5.91 Å². The number of benzene rings is 2. The molecule has 4 rings (SSSR count). The first-order chi connectivity index (χ1) is 17.5. The van der Waals surface area contributed by atoms with E-state index in [1.165, 1.54) is 0 Å². The summed E-state index contributed by atoms with van der Waals surface area (Å²) in [5.74, 6) is 0.148. The minimum Gasteiger partial charge on any atom is -0.383 e. The Morgan fingerprint density at radius 2 is 1.69 bits per heavy atom. The number of ether oxygens (including phenoxy) is 1. The maximum Gasteiger partial charge on any atom is 0.320 e. The second-order valence-corrected chi connectivity index (χ2v) is 8.82. The number of hydrogen-bond donors (Lipinski definition) is 3. The van der Waals surface area contributed by atoms with E-state index in [1.54, 1.807) is 17.9 Å². The summed E-state index contributed by atoms with van der Waals surface area (Å²) in [4.78, 5) is 27.3. The lowest BCUT2D eigenvalue weighted by Crippen LogP contribution is -2.40. The molecule has 0 bridgehead atoms. The van der Waals surface area contributed by atoms with Gasteiger partial charge in [0.15, 0.2) is 5.69 Å². The van der Waals surface area contributed by atoms with Crippen molar-refractivity contribution in [1.29, 1.82) is 0 Å². The van der Waals surface area contributed by atoms with Crippen LogP contribution >= 0.6 is 0 Å². The third kappa shape index (κ3) is 8.51. The summed E-state index contributed by atoms with van der Waals surface area (Å²) in [6.07, 6.45) is 0.886. The predicted octanol–water partition coefficient (Wildman–Crippen LogP) is 3.54. The molecule has 3 amide bonds. The van der Waals surface area contributed by atoms with Crippen LogP contribution in [0.1, 0.15) is 30.8 Å². The Balaban J connectivity index is 0.000000526. The van der Waals surface area contributed by atoms with Crippen LogP contribution in [0, 0.1) is 0 Å². The molecule has 1 aromatic heterocycles. The van der Waals surface area contributed by atoms with E-state index in [1.807, 2.05) is 80.6 Å². The van der Waals surface area contributed by atoms with E-state index in [2.05, 4.69) is 25.9 Å². The molecule has 0 aliphatic carbocycles. The molecule has 1 fully saturated rings. The second-order valence-electron chi connectivity index (χ2n) is 8.82. The van der Waals surface area contributed by atoms with Gasteiger partial charge in [-0.2, -0.15) is 5.10 Å². The number of hydrogen-bond acceptors (Lipinski definition) is 5. The van der Waals surface area contributed by atoms with E-state index in [9.17, 15) is 9.59 Å². The fourth-order valence-corrected chi connectivity index (χ4v) is 3.78. The monoisotopic (exact) mass is 492 g/mol. The minimum atomic E-state index is -0.318. The molecule has 9 nitrogen and oxygen atoms in total. The molecule has 0 saturated carbocycles. The fourth-order valence-electron chi connectivity index (χ4n) is 3.78. The van der Waals surface area contributed by atoms with Crippen molar-refractivity contribution in [3.05, 3.63) is 78.5 Å². The van der Waals surface area contributed by atoms with Crippen LogP contribution in [-0.4, -0.2) is 72.1 Å². The average molecular weight is 493 g/mol. The molecule has 3 aromatic rings. The number of anilines is 1. The molecule has 1 saturated heterocycles. The molecule has 1 unspecified atom stereocenters. The maximum atomic E-state index is 12.6. The topological polar surface area (TPSA) is 101 Å². The molecule has 1 aliphatic rings. The van der Waals surface area contributed by atoms with Crippen molar-refractivity contribution in [3.8, 4) is 5.69 Å². The maximum absolute atomic E-state index is 12.6. The summed E-state index contributed by atoms with van der Waals surface area (Å²) >= 11 is 0. The van der Waals surface area contributed by atoms with Crippen molar-refractivity contribution in [2.75, 3.05) is 38.7 Å². The van der Waals surface area contributed by atoms with Gasteiger partial charge in [-0.05, 0) is 32.4 Å². The van der Waals surface area contributed by atoms with Crippen molar-refractivity contribution >= 4 is 17.8 Å². The van der Waals surface area contributed by atoms with Crippen LogP contribution in [0.3, 0.4) is 0 Å². The van der Waals surface area contributed by atoms with Gasteiger partial charge in [-0.1, -0.05) is 54.6 Å². The van der Waals surface area contributed by atoms with Crippen LogP contribution in [0.5, 0.6) is 0 Å². The van der Waals surface area contributed by atoms with Crippen molar-refractivity contribution in [3.63, 3.8) is 0 Å². The normalized spacial score (nSPS) is 15.2. The van der Waals surface area contributed by atoms with Crippen LogP contribution in [-0.2, 0) is 4.74 Å². The van der Waals surface area contributed by atoms with E-state index < -0.39 is 0 Å². The van der Waals surface area contributed by atoms with Gasteiger partial charge in [0.1, 0.15) is 5.82 Å². The zero-order valence-corrected chi connectivity index (χ0v) is 21.2. The molecular formula is C27H36N6O3. The number of amides is 3. The van der Waals surface area contributed by atoms with Crippen LogP contribution in [0.15, 0.2) is 72.8 Å². The number of para-hydroxylation sites is 1. The number of likely N-dealkylation sites (tertiary alicyclic amines) is 1. The molecule has 0 radical (unpaired) electrons. The lowest BCUT2D eigenvalue weighted by molar-refractivity contribution is 0.0937. The van der Waals surface area contributed by atoms with Gasteiger partial charge in [0.05, 0.1) is 12.3 Å². The Kier molecular flexibility index (Phi) is 10.5. The number of methoxy groups -OCH3 is 1. The minimum absolute atomic E-state index is 0.0116. The molecule has 1 atom stereocenters. The molecule has 9 heteroatoms. The van der Waals surface area contributed by atoms with Crippen molar-refractivity contribution < 1.29 is 14.3 Å². The molecular weight excluding hydrogens is 456 g/mol. The molecule has 0 spiro atoms. The highest BCUT2D eigenvalue weighted by Gasteiger charge is 2.24. The van der Waals surface area contributed by atoms with Crippen molar-refractivity contribution in [2.24, 2.45) is 0 Å². The molecule has 36 heavy (non-hydrogen) atoms. The standard InChI is InChI=1S/C21H30N6O3.C6H6/c1-15(2)22-20(28)18-13-19(27(25-18)17-7-5-4-6-8-17)24-21(29)23-16-9-10-26(14-16)11-12-30-3;1-2-4-6-5-3-1/h4-8,13,15-16H,9-12,14H2,1-3H3,(H,22,28)(H2,23,24,29);1-6H. The first-order valence-corrected chi connectivity index (χ1v) is 12.2. The second kappa shape index (κ2) is 14.0.